The molecule has 4 aromatic rings. The molecule has 3 heterocycles. The van der Waals surface area contributed by atoms with Gasteiger partial charge in [-0.05, 0) is 29.3 Å². The van der Waals surface area contributed by atoms with Crippen LogP contribution in [0, 0.1) is 10.1 Å². The molecule has 0 unspecified atom stereocenters. The molecule has 3 aromatic carbocycles. The van der Waals surface area contributed by atoms with Crippen LogP contribution in [0.1, 0.15) is 16.7 Å². The van der Waals surface area contributed by atoms with Gasteiger partial charge in [0.25, 0.3) is 11.6 Å². The van der Waals surface area contributed by atoms with Crippen LogP contribution in [0.5, 0.6) is 0 Å². The maximum absolute atomic E-state index is 13.6. The first kappa shape index (κ1) is 21.3. The SMILES string of the molecule is O=C1[C@H](Cc2c[nH]c3ccccc23)N=C2c3ccccc3N=C(SCc3ccc([N+](=O)[O-])cc3)N12. The third kappa shape index (κ3) is 3.79. The van der Waals surface area contributed by atoms with E-state index in [1.54, 1.807) is 17.0 Å². The molecule has 2 aliphatic heterocycles. The third-order valence-corrected chi connectivity index (χ3v) is 7.16. The number of fused-ring (bicyclic) bond motifs is 4. The molecule has 1 N–H and O–H groups in total. The van der Waals surface area contributed by atoms with Crippen molar-refractivity contribution in [1.82, 2.24) is 9.88 Å². The summed E-state index contributed by atoms with van der Waals surface area (Å²) in [6, 6.07) is 21.6. The van der Waals surface area contributed by atoms with Crippen LogP contribution in [0.4, 0.5) is 11.4 Å². The zero-order chi connectivity index (χ0) is 23.9. The Morgan fingerprint density at radius 1 is 1.03 bits per heavy atom. The number of nitro benzene ring substituents is 1. The zero-order valence-electron chi connectivity index (χ0n) is 18.4. The Labute approximate surface area is 204 Å². The summed E-state index contributed by atoms with van der Waals surface area (Å²) in [4.78, 5) is 38.6. The van der Waals surface area contributed by atoms with Crippen LogP contribution in [0.3, 0.4) is 0 Å². The Kier molecular flexibility index (Phi) is 5.18. The minimum Gasteiger partial charge on any atom is -0.361 e. The van der Waals surface area contributed by atoms with E-state index in [2.05, 4.69) is 4.98 Å². The highest BCUT2D eigenvalue weighted by molar-refractivity contribution is 8.13. The summed E-state index contributed by atoms with van der Waals surface area (Å²) in [6.07, 6.45) is 2.44. The number of benzene rings is 3. The van der Waals surface area contributed by atoms with Gasteiger partial charge in [0.05, 0.1) is 10.6 Å². The van der Waals surface area contributed by atoms with Crippen molar-refractivity contribution in [3.63, 3.8) is 0 Å². The largest absolute Gasteiger partial charge is 0.361 e. The third-order valence-electron chi connectivity index (χ3n) is 6.15. The molecule has 35 heavy (non-hydrogen) atoms. The number of hydrogen-bond acceptors (Lipinski definition) is 6. The number of hydrogen-bond donors (Lipinski definition) is 1. The summed E-state index contributed by atoms with van der Waals surface area (Å²) in [5.74, 6) is 1.04. The van der Waals surface area contributed by atoms with Gasteiger partial charge in [-0.15, -0.1) is 0 Å². The molecular weight excluding hydrogens is 462 g/mol. The average molecular weight is 482 g/mol. The van der Waals surface area contributed by atoms with E-state index in [1.165, 1.54) is 23.9 Å². The molecule has 8 nitrogen and oxygen atoms in total. The zero-order valence-corrected chi connectivity index (χ0v) is 19.2. The Balaban J connectivity index is 1.29. The number of rotatable bonds is 5. The Morgan fingerprint density at radius 3 is 2.63 bits per heavy atom. The lowest BCUT2D eigenvalue weighted by atomic mass is 10.1. The second-order valence-corrected chi connectivity index (χ2v) is 9.27. The topological polar surface area (TPSA) is 104 Å². The fraction of sp³-hybridized carbons (Fsp3) is 0.115. The number of aromatic nitrogens is 1. The molecule has 2 aliphatic rings. The van der Waals surface area contributed by atoms with E-state index in [1.807, 2.05) is 54.7 Å². The first-order valence-corrected chi connectivity index (χ1v) is 12.1. The number of aliphatic imine (C=N–C) groups is 2. The number of nitrogens with one attached hydrogen (secondary N) is 1. The van der Waals surface area contributed by atoms with Gasteiger partial charge in [0.2, 0.25) is 0 Å². The van der Waals surface area contributed by atoms with Gasteiger partial charge < -0.3 is 4.98 Å². The van der Waals surface area contributed by atoms with E-state index in [0.717, 1.165) is 33.3 Å². The first-order valence-electron chi connectivity index (χ1n) is 11.1. The summed E-state index contributed by atoms with van der Waals surface area (Å²) < 4.78 is 0. The van der Waals surface area contributed by atoms with Gasteiger partial charge in [-0.2, -0.15) is 0 Å². The minimum absolute atomic E-state index is 0.0481. The first-order chi connectivity index (χ1) is 17.1. The smallest absolute Gasteiger partial charge is 0.269 e. The molecule has 0 aliphatic carbocycles. The van der Waals surface area contributed by atoms with Crippen LogP contribution in [-0.4, -0.2) is 37.8 Å². The van der Waals surface area contributed by atoms with Crippen molar-refractivity contribution < 1.29 is 9.72 Å². The van der Waals surface area contributed by atoms with E-state index in [0.29, 0.717) is 23.2 Å². The lowest BCUT2D eigenvalue weighted by Gasteiger charge is -2.25. The number of non-ortho nitro benzene ring substituents is 1. The van der Waals surface area contributed by atoms with Gasteiger partial charge >= 0.3 is 0 Å². The summed E-state index contributed by atoms with van der Waals surface area (Å²) in [5, 5.41) is 12.6. The van der Waals surface area contributed by atoms with Gasteiger partial charge in [-0.3, -0.25) is 19.9 Å². The predicted molar refractivity (Wildman–Crippen MR) is 137 cm³/mol. The van der Waals surface area contributed by atoms with Crippen molar-refractivity contribution in [1.29, 1.82) is 0 Å². The average Bonchev–Trinajstić information content (AvgIpc) is 3.44. The van der Waals surface area contributed by atoms with Crippen LogP contribution < -0.4 is 0 Å². The van der Waals surface area contributed by atoms with Crippen molar-refractivity contribution in [2.75, 3.05) is 0 Å². The number of para-hydroxylation sites is 2. The van der Waals surface area contributed by atoms with Crippen molar-refractivity contribution in [3.8, 4) is 0 Å². The lowest BCUT2D eigenvalue weighted by Crippen LogP contribution is -2.41. The second kappa shape index (κ2) is 8.52. The highest BCUT2D eigenvalue weighted by Gasteiger charge is 2.41. The van der Waals surface area contributed by atoms with Crippen LogP contribution in [0.15, 0.2) is 89.0 Å². The molecule has 9 heteroatoms. The van der Waals surface area contributed by atoms with Crippen LogP contribution >= 0.6 is 11.8 Å². The molecule has 172 valence electrons. The molecule has 0 fully saturated rings. The molecule has 6 rings (SSSR count). The molecule has 0 saturated heterocycles. The maximum Gasteiger partial charge on any atom is 0.269 e. The summed E-state index contributed by atoms with van der Waals surface area (Å²) in [7, 11) is 0. The molecular formula is C26H19N5O3S. The molecule has 0 spiro atoms. The number of thioether (sulfide) groups is 1. The fourth-order valence-corrected chi connectivity index (χ4v) is 5.36. The summed E-state index contributed by atoms with van der Waals surface area (Å²) >= 11 is 1.42. The Hall–Kier alpha value is -4.24. The number of carbonyl (C=O) groups excluding carboxylic acids is 1. The Morgan fingerprint density at radius 2 is 1.80 bits per heavy atom. The van der Waals surface area contributed by atoms with Gasteiger partial charge in [0, 0.05) is 47.0 Å². The van der Waals surface area contributed by atoms with E-state index in [-0.39, 0.29) is 11.6 Å². The van der Waals surface area contributed by atoms with Crippen molar-refractivity contribution in [3.05, 3.63) is 106 Å². The number of amides is 1. The standard InChI is InChI=1S/C26H19N5O3S/c32-25-23(13-17-14-27-21-7-3-1-5-19(17)21)28-24-20-6-2-4-8-22(20)29-26(30(24)25)35-15-16-9-11-18(12-10-16)31(33)34/h1-12,14,23,27H,13,15H2/t23-/m0/s1. The van der Waals surface area contributed by atoms with Crippen molar-refractivity contribution in [2.45, 2.75) is 18.2 Å². The lowest BCUT2D eigenvalue weighted by molar-refractivity contribution is -0.384. The number of H-pyrrole nitrogens is 1. The van der Waals surface area contributed by atoms with Crippen molar-refractivity contribution >= 4 is 51.0 Å². The molecule has 0 saturated carbocycles. The van der Waals surface area contributed by atoms with Gasteiger partial charge in [-0.1, -0.05) is 54.2 Å². The normalized spacial score (nSPS) is 16.6. The monoisotopic (exact) mass is 481 g/mol. The van der Waals surface area contributed by atoms with E-state index in [4.69, 9.17) is 9.98 Å². The van der Waals surface area contributed by atoms with Gasteiger partial charge in [0.1, 0.15) is 11.9 Å². The van der Waals surface area contributed by atoms with E-state index >= 15 is 0 Å². The molecule has 1 atom stereocenters. The van der Waals surface area contributed by atoms with Crippen LogP contribution in [0.25, 0.3) is 10.9 Å². The number of carbonyl (C=O) groups is 1. The van der Waals surface area contributed by atoms with Crippen molar-refractivity contribution in [2.24, 2.45) is 9.98 Å². The van der Waals surface area contributed by atoms with Crippen LogP contribution in [-0.2, 0) is 17.0 Å². The number of aromatic amines is 1. The molecule has 0 radical (unpaired) electrons. The number of amidine groups is 2. The second-order valence-electron chi connectivity index (χ2n) is 8.33. The van der Waals surface area contributed by atoms with Gasteiger partial charge in [0.15, 0.2) is 5.17 Å². The number of nitrogens with zero attached hydrogens (tertiary/aromatic N) is 4. The Bertz CT molecular complexity index is 1540. The maximum atomic E-state index is 13.6. The minimum atomic E-state index is -0.541. The number of nitro groups is 1. The molecule has 1 amide bonds. The molecule has 0 bridgehead atoms. The summed E-state index contributed by atoms with van der Waals surface area (Å²) in [6.45, 7) is 0. The quantitative estimate of drug-likeness (QED) is 0.312. The highest BCUT2D eigenvalue weighted by Crippen LogP contribution is 2.35. The van der Waals surface area contributed by atoms with E-state index in [9.17, 15) is 14.9 Å². The summed E-state index contributed by atoms with van der Waals surface area (Å²) in [5.41, 5.74) is 4.64. The van der Waals surface area contributed by atoms with Crippen LogP contribution in [0.2, 0.25) is 0 Å². The highest BCUT2D eigenvalue weighted by atomic mass is 32.2. The van der Waals surface area contributed by atoms with E-state index < -0.39 is 11.0 Å². The fourth-order valence-electron chi connectivity index (χ4n) is 4.40. The molecule has 1 aromatic heterocycles. The van der Waals surface area contributed by atoms with Gasteiger partial charge in [-0.25, -0.2) is 9.89 Å². The predicted octanol–water partition coefficient (Wildman–Crippen LogP) is 5.21.